The lowest BCUT2D eigenvalue weighted by molar-refractivity contribution is -0.141. The number of ether oxygens (including phenoxy) is 2. The number of carboxylic acids is 1. The minimum Gasteiger partial charge on any atom is -0.496 e. The van der Waals surface area contributed by atoms with Gasteiger partial charge in [-0.05, 0) is 26.0 Å². The van der Waals surface area contributed by atoms with Gasteiger partial charge in [0.15, 0.2) is 6.04 Å². The summed E-state index contributed by atoms with van der Waals surface area (Å²) in [6, 6.07) is 1.57. The minimum atomic E-state index is -1.39. The van der Waals surface area contributed by atoms with E-state index in [1.807, 2.05) is 0 Å². The summed E-state index contributed by atoms with van der Waals surface area (Å²) in [5, 5.41) is 20.6. The Morgan fingerprint density at radius 3 is 2.00 bits per heavy atom. The van der Waals surface area contributed by atoms with Crippen LogP contribution in [-0.2, 0) is 4.79 Å². The van der Waals surface area contributed by atoms with Gasteiger partial charge in [0.2, 0.25) is 0 Å². The number of aliphatic hydroxyl groups is 1. The van der Waals surface area contributed by atoms with Crippen LogP contribution >= 0.6 is 0 Å². The summed E-state index contributed by atoms with van der Waals surface area (Å²) in [6.07, 6.45) is -1.22. The molecule has 2 atom stereocenters. The molecular formula is C14H19NO6. The zero-order valence-corrected chi connectivity index (χ0v) is 12.3. The number of hydrogen-bond acceptors (Lipinski definition) is 5. The van der Waals surface area contributed by atoms with Crippen molar-refractivity contribution in [3.63, 3.8) is 0 Å². The molecule has 1 aromatic carbocycles. The average molecular weight is 297 g/mol. The van der Waals surface area contributed by atoms with Gasteiger partial charge in [0.1, 0.15) is 11.5 Å². The molecule has 0 heterocycles. The van der Waals surface area contributed by atoms with Crippen molar-refractivity contribution < 1.29 is 29.3 Å². The van der Waals surface area contributed by atoms with Crippen molar-refractivity contribution in [2.75, 3.05) is 14.2 Å². The number of carboxylic acid groups (broad SMARTS) is 1. The van der Waals surface area contributed by atoms with Crippen LogP contribution in [0.3, 0.4) is 0 Å². The highest BCUT2D eigenvalue weighted by Gasteiger charge is 2.26. The first-order valence-corrected chi connectivity index (χ1v) is 6.26. The van der Waals surface area contributed by atoms with Crippen molar-refractivity contribution in [1.29, 1.82) is 0 Å². The summed E-state index contributed by atoms with van der Waals surface area (Å²) in [5.41, 5.74) is 0.906. The Morgan fingerprint density at radius 1 is 1.19 bits per heavy atom. The molecule has 0 saturated carbocycles. The Balaban J connectivity index is 3.10. The van der Waals surface area contributed by atoms with E-state index in [0.717, 1.165) is 5.56 Å². The van der Waals surface area contributed by atoms with Gasteiger partial charge in [-0.25, -0.2) is 4.79 Å². The highest BCUT2D eigenvalue weighted by atomic mass is 16.5. The monoisotopic (exact) mass is 297 g/mol. The van der Waals surface area contributed by atoms with Crippen LogP contribution in [0.4, 0.5) is 0 Å². The second kappa shape index (κ2) is 6.94. The van der Waals surface area contributed by atoms with Gasteiger partial charge < -0.3 is 25.0 Å². The predicted octanol–water partition coefficient (Wildman–Crippen LogP) is 0.576. The third kappa shape index (κ3) is 3.85. The van der Waals surface area contributed by atoms with E-state index in [2.05, 4.69) is 5.32 Å². The van der Waals surface area contributed by atoms with E-state index in [0.29, 0.717) is 11.5 Å². The van der Waals surface area contributed by atoms with E-state index >= 15 is 0 Å². The van der Waals surface area contributed by atoms with Crippen LogP contribution in [0.15, 0.2) is 12.1 Å². The molecule has 7 nitrogen and oxygen atoms in total. The Hall–Kier alpha value is -2.28. The molecule has 0 aliphatic rings. The predicted molar refractivity (Wildman–Crippen MR) is 74.9 cm³/mol. The third-order valence-corrected chi connectivity index (χ3v) is 3.05. The van der Waals surface area contributed by atoms with Gasteiger partial charge in [-0.2, -0.15) is 0 Å². The fourth-order valence-corrected chi connectivity index (χ4v) is 1.83. The van der Waals surface area contributed by atoms with Crippen molar-refractivity contribution >= 4 is 11.9 Å². The second-order valence-corrected chi connectivity index (χ2v) is 4.54. The van der Waals surface area contributed by atoms with E-state index in [-0.39, 0.29) is 5.56 Å². The normalized spacial score (nSPS) is 13.2. The average Bonchev–Trinajstić information content (AvgIpc) is 2.43. The molecule has 0 saturated heterocycles. The van der Waals surface area contributed by atoms with Crippen molar-refractivity contribution in [3.05, 3.63) is 23.3 Å². The summed E-state index contributed by atoms with van der Waals surface area (Å²) in [6.45, 7) is 3.06. The van der Waals surface area contributed by atoms with Gasteiger partial charge in [0, 0.05) is 11.1 Å². The van der Waals surface area contributed by atoms with E-state index in [1.54, 1.807) is 6.92 Å². The number of methoxy groups -OCH3 is 2. The third-order valence-electron chi connectivity index (χ3n) is 3.05. The smallest absolute Gasteiger partial charge is 0.328 e. The summed E-state index contributed by atoms with van der Waals surface area (Å²) in [5.74, 6) is -1.06. The highest BCUT2D eigenvalue weighted by molar-refractivity contribution is 5.97. The molecule has 2 unspecified atom stereocenters. The Morgan fingerprint density at radius 2 is 1.67 bits per heavy atom. The van der Waals surface area contributed by atoms with Crippen LogP contribution in [0.2, 0.25) is 0 Å². The first-order valence-electron chi connectivity index (χ1n) is 6.26. The van der Waals surface area contributed by atoms with Crippen molar-refractivity contribution in [1.82, 2.24) is 5.32 Å². The standard InChI is InChI=1S/C14H19NO6/c1-7-10(20-3)5-9(6-11(7)21-4)13(17)15-12(8(2)16)14(18)19/h5-6,8,12,16H,1-4H3,(H,15,17)(H,18,19). The molecule has 0 spiro atoms. The van der Waals surface area contributed by atoms with Gasteiger partial charge in [0.25, 0.3) is 5.91 Å². The van der Waals surface area contributed by atoms with E-state index in [9.17, 15) is 14.7 Å². The maximum Gasteiger partial charge on any atom is 0.328 e. The Bertz CT molecular complexity index is 515. The number of carbonyl (C=O) groups excluding carboxylic acids is 1. The molecule has 0 fully saturated rings. The van der Waals surface area contributed by atoms with Gasteiger partial charge in [-0.3, -0.25) is 4.79 Å². The topological polar surface area (TPSA) is 105 Å². The quantitative estimate of drug-likeness (QED) is 0.709. The molecule has 7 heteroatoms. The summed E-state index contributed by atoms with van der Waals surface area (Å²) >= 11 is 0. The zero-order chi connectivity index (χ0) is 16.2. The first kappa shape index (κ1) is 16.8. The number of aliphatic carboxylic acids is 1. The van der Waals surface area contributed by atoms with Gasteiger partial charge >= 0.3 is 5.97 Å². The molecule has 116 valence electrons. The number of amides is 1. The number of rotatable bonds is 6. The lowest BCUT2D eigenvalue weighted by Gasteiger charge is -2.18. The molecular weight excluding hydrogens is 278 g/mol. The molecule has 1 aromatic rings. The van der Waals surface area contributed by atoms with Gasteiger partial charge in [0.05, 0.1) is 20.3 Å². The molecule has 3 N–H and O–H groups in total. The van der Waals surface area contributed by atoms with Crippen molar-refractivity contribution in [2.24, 2.45) is 0 Å². The number of aliphatic hydroxyl groups excluding tert-OH is 1. The Labute approximate surface area is 122 Å². The summed E-state index contributed by atoms with van der Waals surface area (Å²) in [4.78, 5) is 23.1. The van der Waals surface area contributed by atoms with Gasteiger partial charge in [-0.15, -0.1) is 0 Å². The fraction of sp³-hybridized carbons (Fsp3) is 0.429. The molecule has 0 radical (unpaired) electrons. The molecule has 0 aromatic heterocycles. The lowest BCUT2D eigenvalue weighted by atomic mass is 10.1. The Kier molecular flexibility index (Phi) is 5.54. The van der Waals surface area contributed by atoms with Crippen LogP contribution < -0.4 is 14.8 Å². The number of hydrogen-bond donors (Lipinski definition) is 3. The minimum absolute atomic E-state index is 0.182. The summed E-state index contributed by atoms with van der Waals surface area (Å²) in [7, 11) is 2.92. The largest absolute Gasteiger partial charge is 0.496 e. The lowest BCUT2D eigenvalue weighted by Crippen LogP contribution is -2.47. The van der Waals surface area contributed by atoms with Crippen LogP contribution in [0.1, 0.15) is 22.8 Å². The van der Waals surface area contributed by atoms with E-state index < -0.39 is 24.0 Å². The van der Waals surface area contributed by atoms with E-state index in [1.165, 1.54) is 33.3 Å². The number of nitrogens with one attached hydrogen (secondary N) is 1. The highest BCUT2D eigenvalue weighted by Crippen LogP contribution is 2.29. The zero-order valence-electron chi connectivity index (χ0n) is 12.3. The molecule has 1 amide bonds. The van der Waals surface area contributed by atoms with Crippen molar-refractivity contribution in [3.8, 4) is 11.5 Å². The molecule has 1 rings (SSSR count). The second-order valence-electron chi connectivity index (χ2n) is 4.54. The SMILES string of the molecule is COc1cc(C(=O)NC(C(=O)O)C(C)O)cc(OC)c1C. The van der Waals surface area contributed by atoms with E-state index in [4.69, 9.17) is 14.6 Å². The van der Waals surface area contributed by atoms with Gasteiger partial charge in [-0.1, -0.05) is 0 Å². The van der Waals surface area contributed by atoms with Crippen LogP contribution in [-0.4, -0.2) is 48.5 Å². The van der Waals surface area contributed by atoms with Crippen LogP contribution in [0, 0.1) is 6.92 Å². The number of benzene rings is 1. The molecule has 0 aliphatic heterocycles. The van der Waals surface area contributed by atoms with Crippen LogP contribution in [0.25, 0.3) is 0 Å². The first-order chi connectivity index (χ1) is 9.81. The maximum atomic E-state index is 12.1. The summed E-state index contributed by atoms with van der Waals surface area (Å²) < 4.78 is 10.3. The van der Waals surface area contributed by atoms with Crippen LogP contribution in [0.5, 0.6) is 11.5 Å². The molecule has 0 aliphatic carbocycles. The number of carbonyl (C=O) groups is 2. The molecule has 0 bridgehead atoms. The fourth-order valence-electron chi connectivity index (χ4n) is 1.83. The maximum absolute atomic E-state index is 12.1. The molecule has 21 heavy (non-hydrogen) atoms. The van der Waals surface area contributed by atoms with Crippen molar-refractivity contribution in [2.45, 2.75) is 26.0 Å².